The summed E-state index contributed by atoms with van der Waals surface area (Å²) >= 11 is 0. The molecular formula is C14H19N3O4S. The zero-order chi connectivity index (χ0) is 16.5. The molecule has 0 saturated heterocycles. The van der Waals surface area contributed by atoms with Gasteiger partial charge in [0.2, 0.25) is 10.0 Å². The van der Waals surface area contributed by atoms with Crippen LogP contribution in [0.15, 0.2) is 32.7 Å². The molecule has 1 heterocycles. The molecule has 0 aliphatic rings. The number of fused-ring (bicyclic) bond motifs is 1. The number of nitrogens with zero attached hydrogens (tertiary/aromatic N) is 2. The predicted molar refractivity (Wildman–Crippen MR) is 84.4 cm³/mol. The lowest BCUT2D eigenvalue weighted by molar-refractivity contribution is 0.558. The summed E-state index contributed by atoms with van der Waals surface area (Å²) in [5.41, 5.74) is -0.430. The fourth-order valence-electron chi connectivity index (χ4n) is 2.44. The van der Waals surface area contributed by atoms with Gasteiger partial charge in [0.15, 0.2) is 0 Å². The quantitative estimate of drug-likeness (QED) is 0.870. The van der Waals surface area contributed by atoms with Crippen LogP contribution in [0.5, 0.6) is 0 Å². The molecule has 0 fully saturated rings. The number of aromatic nitrogens is 2. The molecule has 8 heteroatoms. The predicted octanol–water partition coefficient (Wildman–Crippen LogP) is 0.631. The molecule has 0 aliphatic carbocycles. The van der Waals surface area contributed by atoms with Crippen LogP contribution in [0.3, 0.4) is 0 Å². The molecule has 0 spiro atoms. The van der Waals surface area contributed by atoms with Crippen LogP contribution in [0, 0.1) is 0 Å². The van der Waals surface area contributed by atoms with E-state index in [2.05, 4.69) is 0 Å². The van der Waals surface area contributed by atoms with Gasteiger partial charge < -0.3 is 0 Å². The summed E-state index contributed by atoms with van der Waals surface area (Å²) < 4.78 is 25.6. The van der Waals surface area contributed by atoms with Crippen LogP contribution in [-0.4, -0.2) is 17.6 Å². The van der Waals surface area contributed by atoms with Crippen molar-refractivity contribution in [2.75, 3.05) is 0 Å². The Bertz CT molecular complexity index is 925. The summed E-state index contributed by atoms with van der Waals surface area (Å²) in [6, 6.07) is 4.02. The van der Waals surface area contributed by atoms with Crippen molar-refractivity contribution in [1.82, 2.24) is 9.13 Å². The van der Waals surface area contributed by atoms with Crippen molar-refractivity contribution >= 4 is 20.9 Å². The average molecular weight is 325 g/mol. The van der Waals surface area contributed by atoms with Crippen LogP contribution in [0.1, 0.15) is 26.7 Å². The second-order valence-electron chi connectivity index (χ2n) is 5.11. The molecule has 2 rings (SSSR count). The van der Waals surface area contributed by atoms with Crippen LogP contribution < -0.4 is 16.4 Å². The van der Waals surface area contributed by atoms with Gasteiger partial charge in [-0.05, 0) is 31.0 Å². The number of nitrogens with two attached hydrogens (primary N) is 1. The lowest BCUT2D eigenvalue weighted by Gasteiger charge is -2.13. The second-order valence-corrected chi connectivity index (χ2v) is 6.68. The molecule has 0 saturated carbocycles. The summed E-state index contributed by atoms with van der Waals surface area (Å²) in [5, 5.41) is 5.30. The molecule has 2 aromatic rings. The maximum absolute atomic E-state index is 12.5. The lowest BCUT2D eigenvalue weighted by atomic mass is 10.2. The van der Waals surface area contributed by atoms with Crippen molar-refractivity contribution in [1.29, 1.82) is 0 Å². The van der Waals surface area contributed by atoms with Gasteiger partial charge in [-0.2, -0.15) is 0 Å². The minimum atomic E-state index is -3.91. The highest BCUT2D eigenvalue weighted by Crippen LogP contribution is 2.15. The lowest BCUT2D eigenvalue weighted by Crippen LogP contribution is -2.40. The zero-order valence-corrected chi connectivity index (χ0v) is 13.4. The van der Waals surface area contributed by atoms with E-state index in [1.807, 2.05) is 13.8 Å². The fraction of sp³-hybridized carbons (Fsp3) is 0.429. The average Bonchev–Trinajstić information content (AvgIpc) is 2.46. The minimum Gasteiger partial charge on any atom is -0.293 e. The molecule has 0 radical (unpaired) electrons. The highest BCUT2D eigenvalue weighted by Gasteiger charge is 2.15. The Kier molecular flexibility index (Phi) is 4.52. The number of hydrogen-bond acceptors (Lipinski definition) is 4. The largest absolute Gasteiger partial charge is 0.331 e. The Morgan fingerprint density at radius 3 is 2.18 bits per heavy atom. The van der Waals surface area contributed by atoms with Gasteiger partial charge in [0.1, 0.15) is 0 Å². The monoisotopic (exact) mass is 325 g/mol. The zero-order valence-electron chi connectivity index (χ0n) is 12.6. The molecule has 2 N–H and O–H groups in total. The van der Waals surface area contributed by atoms with Gasteiger partial charge in [-0.15, -0.1) is 0 Å². The number of rotatable bonds is 5. The van der Waals surface area contributed by atoms with Gasteiger partial charge in [-0.25, -0.2) is 18.4 Å². The number of sulfonamides is 1. The SMILES string of the molecule is CCCn1c(=O)c2cc(S(N)(=O)=O)ccc2n(CCC)c1=O. The molecule has 0 unspecified atom stereocenters. The van der Waals surface area contributed by atoms with E-state index in [0.717, 1.165) is 11.0 Å². The van der Waals surface area contributed by atoms with Crippen molar-refractivity contribution in [2.24, 2.45) is 5.14 Å². The Balaban J connectivity index is 2.94. The van der Waals surface area contributed by atoms with Crippen molar-refractivity contribution < 1.29 is 8.42 Å². The first-order valence-electron chi connectivity index (χ1n) is 7.11. The maximum atomic E-state index is 12.5. The molecular weight excluding hydrogens is 306 g/mol. The smallest absolute Gasteiger partial charge is 0.293 e. The van der Waals surface area contributed by atoms with E-state index < -0.39 is 15.6 Å². The van der Waals surface area contributed by atoms with Gasteiger partial charge >= 0.3 is 5.69 Å². The summed E-state index contributed by atoms with van der Waals surface area (Å²) in [4.78, 5) is 24.8. The third-order valence-electron chi connectivity index (χ3n) is 3.42. The van der Waals surface area contributed by atoms with Gasteiger partial charge in [0.05, 0.1) is 15.8 Å². The molecule has 0 bridgehead atoms. The number of hydrogen-bond donors (Lipinski definition) is 1. The molecule has 0 atom stereocenters. The summed E-state index contributed by atoms with van der Waals surface area (Å²) in [7, 11) is -3.91. The van der Waals surface area contributed by atoms with Crippen LogP contribution in [0.25, 0.3) is 10.9 Å². The normalized spacial score (nSPS) is 12.0. The van der Waals surface area contributed by atoms with Crippen LogP contribution in [0.4, 0.5) is 0 Å². The minimum absolute atomic E-state index is 0.137. The summed E-state index contributed by atoms with van der Waals surface area (Å²) in [6.45, 7) is 4.53. The first-order valence-corrected chi connectivity index (χ1v) is 8.66. The Hall–Kier alpha value is -1.93. The van der Waals surface area contributed by atoms with E-state index >= 15 is 0 Å². The van der Waals surface area contributed by atoms with Gasteiger partial charge in [0.25, 0.3) is 5.56 Å². The van der Waals surface area contributed by atoms with Crippen LogP contribution in [0.2, 0.25) is 0 Å². The maximum Gasteiger partial charge on any atom is 0.331 e. The first kappa shape index (κ1) is 16.4. The molecule has 120 valence electrons. The van der Waals surface area contributed by atoms with Crippen molar-refractivity contribution in [2.45, 2.75) is 44.7 Å². The summed E-state index contributed by atoms with van der Waals surface area (Å²) in [6.07, 6.45) is 1.35. The number of aryl methyl sites for hydroxylation is 1. The first-order chi connectivity index (χ1) is 10.3. The molecule has 0 amide bonds. The highest BCUT2D eigenvalue weighted by molar-refractivity contribution is 7.89. The molecule has 1 aromatic heterocycles. The Morgan fingerprint density at radius 1 is 1.05 bits per heavy atom. The number of primary sulfonamides is 1. The van der Waals surface area contributed by atoms with E-state index in [9.17, 15) is 18.0 Å². The molecule has 7 nitrogen and oxygen atoms in total. The second kappa shape index (κ2) is 6.05. The van der Waals surface area contributed by atoms with Crippen molar-refractivity contribution in [3.8, 4) is 0 Å². The third kappa shape index (κ3) is 2.84. The van der Waals surface area contributed by atoms with Gasteiger partial charge in [-0.1, -0.05) is 13.8 Å². The van der Waals surface area contributed by atoms with E-state index in [-0.39, 0.29) is 22.5 Å². The number of benzene rings is 1. The Morgan fingerprint density at radius 2 is 1.64 bits per heavy atom. The molecule has 22 heavy (non-hydrogen) atoms. The van der Waals surface area contributed by atoms with E-state index in [1.165, 1.54) is 22.8 Å². The summed E-state index contributed by atoms with van der Waals surface area (Å²) in [5.74, 6) is 0. The van der Waals surface area contributed by atoms with E-state index in [1.54, 1.807) is 0 Å². The highest BCUT2D eigenvalue weighted by atomic mass is 32.2. The van der Waals surface area contributed by atoms with E-state index in [4.69, 9.17) is 5.14 Å². The third-order valence-corrected chi connectivity index (χ3v) is 4.33. The fourth-order valence-corrected chi connectivity index (χ4v) is 2.98. The van der Waals surface area contributed by atoms with Crippen LogP contribution >= 0.6 is 0 Å². The topological polar surface area (TPSA) is 104 Å². The van der Waals surface area contributed by atoms with Gasteiger partial charge in [0, 0.05) is 13.1 Å². The van der Waals surface area contributed by atoms with Crippen molar-refractivity contribution in [3.63, 3.8) is 0 Å². The van der Waals surface area contributed by atoms with E-state index in [0.29, 0.717) is 18.5 Å². The standard InChI is InChI=1S/C14H19N3O4S/c1-3-7-16-12-6-5-10(22(15,20)21)9-11(12)13(18)17(8-4-2)14(16)19/h5-6,9H,3-4,7-8H2,1-2H3,(H2,15,20,21). The van der Waals surface area contributed by atoms with Gasteiger partial charge in [-0.3, -0.25) is 13.9 Å². The Labute approximate surface area is 128 Å². The van der Waals surface area contributed by atoms with Crippen LogP contribution in [-0.2, 0) is 23.1 Å². The van der Waals surface area contributed by atoms with Crippen molar-refractivity contribution in [3.05, 3.63) is 39.0 Å². The molecule has 0 aliphatic heterocycles. The molecule has 1 aromatic carbocycles.